The Morgan fingerprint density at radius 1 is 1.07 bits per heavy atom. The van der Waals surface area contributed by atoms with Crippen molar-refractivity contribution < 1.29 is 4.79 Å². The van der Waals surface area contributed by atoms with E-state index in [1.54, 1.807) is 18.2 Å². The first-order valence-corrected chi connectivity index (χ1v) is 10.4. The molecule has 0 fully saturated rings. The van der Waals surface area contributed by atoms with Crippen molar-refractivity contribution in [3.05, 3.63) is 93.2 Å². The van der Waals surface area contributed by atoms with Crippen LogP contribution in [0.5, 0.6) is 0 Å². The molecule has 1 atom stereocenters. The van der Waals surface area contributed by atoms with Crippen LogP contribution in [-0.2, 0) is 20.0 Å². The van der Waals surface area contributed by atoms with Crippen molar-refractivity contribution in [1.82, 2.24) is 14.8 Å². The van der Waals surface area contributed by atoms with Crippen molar-refractivity contribution in [2.75, 3.05) is 13.1 Å². The van der Waals surface area contributed by atoms with Gasteiger partial charge in [0.15, 0.2) is 0 Å². The van der Waals surface area contributed by atoms with E-state index in [1.807, 2.05) is 19.3 Å². The molecule has 3 aromatic rings. The number of rotatable bonds is 5. The summed E-state index contributed by atoms with van der Waals surface area (Å²) in [6.07, 6.45) is 3.05. The third-order valence-corrected chi connectivity index (χ3v) is 6.30. The van der Waals surface area contributed by atoms with Crippen LogP contribution in [0, 0.1) is 0 Å². The van der Waals surface area contributed by atoms with Crippen LogP contribution < -0.4 is 5.32 Å². The van der Waals surface area contributed by atoms with E-state index in [-0.39, 0.29) is 11.9 Å². The second-order valence-electron chi connectivity index (χ2n) is 7.39. The molecular formula is C23H23Cl2N3O. The van der Waals surface area contributed by atoms with Gasteiger partial charge in [-0.1, -0.05) is 47.5 Å². The number of nitrogens with one attached hydrogen (secondary N) is 1. The Bertz CT molecular complexity index is 1030. The number of hydrogen-bond donors (Lipinski definition) is 1. The lowest BCUT2D eigenvalue weighted by molar-refractivity contribution is 0.0925. The zero-order chi connectivity index (χ0) is 20.4. The van der Waals surface area contributed by atoms with Gasteiger partial charge in [0.1, 0.15) is 0 Å². The monoisotopic (exact) mass is 427 g/mol. The van der Waals surface area contributed by atoms with Crippen molar-refractivity contribution >= 4 is 29.1 Å². The molecule has 29 heavy (non-hydrogen) atoms. The van der Waals surface area contributed by atoms with E-state index in [9.17, 15) is 4.79 Å². The van der Waals surface area contributed by atoms with Gasteiger partial charge in [-0.05, 0) is 47.9 Å². The number of carbonyl (C=O) groups is 1. The Hall–Kier alpha value is -2.27. The Morgan fingerprint density at radius 3 is 2.59 bits per heavy atom. The molecule has 2 aromatic carbocycles. The van der Waals surface area contributed by atoms with Gasteiger partial charge in [0.05, 0.1) is 16.1 Å². The molecule has 1 aliphatic heterocycles. The average Bonchev–Trinajstić information content (AvgIpc) is 3.15. The van der Waals surface area contributed by atoms with Crippen molar-refractivity contribution in [2.24, 2.45) is 7.05 Å². The quantitative estimate of drug-likeness (QED) is 0.630. The summed E-state index contributed by atoms with van der Waals surface area (Å²) < 4.78 is 2.12. The van der Waals surface area contributed by atoms with Gasteiger partial charge in [-0.3, -0.25) is 9.69 Å². The molecule has 1 aromatic heterocycles. The Morgan fingerprint density at radius 2 is 1.86 bits per heavy atom. The van der Waals surface area contributed by atoms with Crippen molar-refractivity contribution in [2.45, 2.75) is 19.0 Å². The highest BCUT2D eigenvalue weighted by Crippen LogP contribution is 2.28. The lowest BCUT2D eigenvalue weighted by atomic mass is 9.97. The number of aryl methyl sites for hydroxylation is 1. The summed E-state index contributed by atoms with van der Waals surface area (Å²) in [4.78, 5) is 15.1. The minimum atomic E-state index is -0.153. The molecule has 1 unspecified atom stereocenters. The molecule has 1 N–H and O–H groups in total. The minimum Gasteiger partial charge on any atom is -0.353 e. The molecule has 0 spiro atoms. The summed E-state index contributed by atoms with van der Waals surface area (Å²) in [7, 11) is 2.04. The fourth-order valence-corrected chi connectivity index (χ4v) is 4.25. The third-order valence-electron chi connectivity index (χ3n) is 5.56. The molecule has 6 heteroatoms. The number of nitrogens with zero attached hydrogens (tertiary/aromatic N) is 2. The zero-order valence-corrected chi connectivity index (χ0v) is 17.7. The minimum absolute atomic E-state index is 0.0788. The molecule has 0 radical (unpaired) electrons. The standard InChI is InChI=1S/C23H23Cl2N3O/c1-27-11-4-7-21(27)22(28-12-10-16-5-2-3-6-18(16)15-28)14-26-23(29)17-8-9-19(24)20(25)13-17/h2-9,11,13,22H,10,12,14-15H2,1H3,(H,26,29). The molecule has 150 valence electrons. The number of carbonyl (C=O) groups excluding carboxylic acids is 1. The topological polar surface area (TPSA) is 37.3 Å². The highest BCUT2D eigenvalue weighted by molar-refractivity contribution is 6.42. The summed E-state index contributed by atoms with van der Waals surface area (Å²) in [6, 6.07) is 17.8. The van der Waals surface area contributed by atoms with Crippen molar-refractivity contribution in [1.29, 1.82) is 0 Å². The Balaban J connectivity index is 1.53. The van der Waals surface area contributed by atoms with E-state index in [0.29, 0.717) is 22.2 Å². The number of aromatic nitrogens is 1. The summed E-state index contributed by atoms with van der Waals surface area (Å²) >= 11 is 12.0. The van der Waals surface area contributed by atoms with Crippen molar-refractivity contribution in [3.8, 4) is 0 Å². The molecule has 1 amide bonds. The number of fused-ring (bicyclic) bond motifs is 1. The lowest BCUT2D eigenvalue weighted by Gasteiger charge is -2.36. The molecule has 0 saturated heterocycles. The van der Waals surface area contributed by atoms with Gasteiger partial charge in [0.25, 0.3) is 5.91 Å². The first kappa shape index (κ1) is 20.0. The molecule has 4 nitrogen and oxygen atoms in total. The summed E-state index contributed by atoms with van der Waals surface area (Å²) in [6.45, 7) is 2.34. The van der Waals surface area contributed by atoms with Crippen LogP contribution in [0.25, 0.3) is 0 Å². The molecule has 1 aliphatic rings. The summed E-state index contributed by atoms with van der Waals surface area (Å²) in [5.41, 5.74) is 4.45. The van der Waals surface area contributed by atoms with E-state index in [0.717, 1.165) is 19.5 Å². The van der Waals surface area contributed by atoms with E-state index in [2.05, 4.69) is 45.1 Å². The normalized spacial score (nSPS) is 15.0. The number of hydrogen-bond acceptors (Lipinski definition) is 2. The van der Waals surface area contributed by atoms with E-state index in [4.69, 9.17) is 23.2 Å². The van der Waals surface area contributed by atoms with Gasteiger partial charge >= 0.3 is 0 Å². The van der Waals surface area contributed by atoms with Crippen LogP contribution in [0.4, 0.5) is 0 Å². The molecule has 0 bridgehead atoms. The van der Waals surface area contributed by atoms with Gasteiger partial charge in [-0.2, -0.15) is 0 Å². The van der Waals surface area contributed by atoms with Crippen LogP contribution in [0.15, 0.2) is 60.8 Å². The summed E-state index contributed by atoms with van der Waals surface area (Å²) in [5.74, 6) is -0.153. The predicted molar refractivity (Wildman–Crippen MR) is 118 cm³/mol. The van der Waals surface area contributed by atoms with Gasteiger partial charge in [0, 0.05) is 44.1 Å². The Kier molecular flexibility index (Phi) is 5.95. The zero-order valence-electron chi connectivity index (χ0n) is 16.2. The number of halogens is 2. The van der Waals surface area contributed by atoms with Crippen LogP contribution in [0.2, 0.25) is 10.0 Å². The Labute approximate surface area is 181 Å². The predicted octanol–water partition coefficient (Wildman–Crippen LogP) is 4.86. The molecule has 0 saturated carbocycles. The van der Waals surface area contributed by atoms with Crippen LogP contribution in [0.1, 0.15) is 33.2 Å². The third kappa shape index (κ3) is 4.35. The lowest BCUT2D eigenvalue weighted by Crippen LogP contribution is -2.41. The van der Waals surface area contributed by atoms with Gasteiger partial charge in [-0.25, -0.2) is 0 Å². The molecular weight excluding hydrogens is 405 g/mol. The average molecular weight is 428 g/mol. The maximum absolute atomic E-state index is 12.7. The smallest absolute Gasteiger partial charge is 0.251 e. The second kappa shape index (κ2) is 8.62. The summed E-state index contributed by atoms with van der Waals surface area (Å²) in [5, 5.41) is 3.91. The molecule has 0 aliphatic carbocycles. The van der Waals surface area contributed by atoms with Crippen LogP contribution >= 0.6 is 23.2 Å². The highest BCUT2D eigenvalue weighted by Gasteiger charge is 2.26. The number of amides is 1. The van der Waals surface area contributed by atoms with Gasteiger partial charge in [-0.15, -0.1) is 0 Å². The first-order valence-electron chi connectivity index (χ1n) is 9.68. The van der Waals surface area contributed by atoms with E-state index < -0.39 is 0 Å². The van der Waals surface area contributed by atoms with Gasteiger partial charge in [0.2, 0.25) is 0 Å². The van der Waals surface area contributed by atoms with Crippen LogP contribution in [0.3, 0.4) is 0 Å². The second-order valence-corrected chi connectivity index (χ2v) is 8.20. The maximum atomic E-state index is 12.7. The highest BCUT2D eigenvalue weighted by atomic mass is 35.5. The molecule has 4 rings (SSSR count). The van der Waals surface area contributed by atoms with E-state index in [1.165, 1.54) is 16.8 Å². The molecule has 2 heterocycles. The fourth-order valence-electron chi connectivity index (χ4n) is 3.95. The SMILES string of the molecule is Cn1cccc1C(CNC(=O)c1ccc(Cl)c(Cl)c1)N1CCc2ccccc2C1. The maximum Gasteiger partial charge on any atom is 0.251 e. The van der Waals surface area contributed by atoms with Crippen LogP contribution in [-0.4, -0.2) is 28.5 Å². The largest absolute Gasteiger partial charge is 0.353 e. The number of benzene rings is 2. The van der Waals surface area contributed by atoms with E-state index >= 15 is 0 Å². The van der Waals surface area contributed by atoms with Gasteiger partial charge < -0.3 is 9.88 Å². The fraction of sp³-hybridized carbons (Fsp3) is 0.261. The first-order chi connectivity index (χ1) is 14.0. The van der Waals surface area contributed by atoms with Crippen molar-refractivity contribution in [3.63, 3.8) is 0 Å².